The maximum absolute atomic E-state index is 13.9. The molecule has 0 atom stereocenters. The molecule has 9 heteroatoms. The zero-order valence-electron chi connectivity index (χ0n) is 14.6. The van der Waals surface area contributed by atoms with E-state index in [0.717, 1.165) is 5.56 Å². The number of hydrogen-bond donors (Lipinski definition) is 0. The fourth-order valence-corrected chi connectivity index (χ4v) is 2.71. The lowest BCUT2D eigenvalue weighted by atomic mass is 10.2. The summed E-state index contributed by atoms with van der Waals surface area (Å²) in [6, 6.07) is 6.55. The molecule has 4 rings (SSSR count). The first kappa shape index (κ1) is 16.8. The molecule has 0 saturated carbocycles. The lowest BCUT2D eigenvalue weighted by Gasteiger charge is -2.17. The van der Waals surface area contributed by atoms with E-state index < -0.39 is 5.82 Å². The number of methoxy groups -OCH3 is 1. The van der Waals surface area contributed by atoms with Crippen molar-refractivity contribution in [1.29, 1.82) is 0 Å². The lowest BCUT2D eigenvalue weighted by Crippen LogP contribution is -2.18. The van der Waals surface area contributed by atoms with E-state index in [0.29, 0.717) is 35.0 Å². The molecule has 27 heavy (non-hydrogen) atoms. The number of rotatable bonds is 5. The van der Waals surface area contributed by atoms with E-state index in [1.54, 1.807) is 24.5 Å². The molecule has 1 aromatic carbocycles. The van der Waals surface area contributed by atoms with Gasteiger partial charge in [0.25, 0.3) is 0 Å². The summed E-state index contributed by atoms with van der Waals surface area (Å²) in [5.41, 5.74) is 1.24. The van der Waals surface area contributed by atoms with Gasteiger partial charge in [0.05, 0.1) is 19.2 Å². The Kier molecular flexibility index (Phi) is 4.33. The van der Waals surface area contributed by atoms with Gasteiger partial charge in [0, 0.05) is 36.5 Å². The quantitative estimate of drug-likeness (QED) is 0.533. The summed E-state index contributed by atoms with van der Waals surface area (Å²) in [7, 11) is 3.24. The van der Waals surface area contributed by atoms with Gasteiger partial charge in [-0.15, -0.1) is 0 Å². The van der Waals surface area contributed by atoms with E-state index >= 15 is 0 Å². The third-order valence-corrected chi connectivity index (χ3v) is 4.01. The van der Waals surface area contributed by atoms with Crippen LogP contribution in [0.4, 0.5) is 10.2 Å². The van der Waals surface area contributed by atoms with E-state index in [2.05, 4.69) is 25.1 Å². The van der Waals surface area contributed by atoms with Crippen LogP contribution >= 0.6 is 0 Å². The topological polar surface area (TPSA) is 90.1 Å². The molecule has 0 radical (unpaired) electrons. The molecule has 0 bridgehead atoms. The summed E-state index contributed by atoms with van der Waals surface area (Å²) in [6.45, 7) is 0.319. The highest BCUT2D eigenvalue weighted by atomic mass is 19.1. The molecule has 0 amide bonds. The number of benzene rings is 1. The predicted octanol–water partition coefficient (Wildman–Crippen LogP) is 2.86. The molecule has 3 aromatic heterocycles. The maximum atomic E-state index is 13.9. The van der Waals surface area contributed by atoms with Gasteiger partial charge in [0.1, 0.15) is 12.1 Å². The van der Waals surface area contributed by atoms with Crippen LogP contribution in [0.15, 0.2) is 47.5 Å². The van der Waals surface area contributed by atoms with Crippen LogP contribution in [0, 0.1) is 5.82 Å². The second-order valence-corrected chi connectivity index (χ2v) is 5.81. The average Bonchev–Trinajstić information content (AvgIpc) is 3.16. The normalized spacial score (nSPS) is 10.9. The number of anilines is 1. The lowest BCUT2D eigenvalue weighted by molar-refractivity contribution is 0.378. The molecule has 136 valence electrons. The number of aromatic nitrogens is 5. The van der Waals surface area contributed by atoms with Crippen LogP contribution in [0.3, 0.4) is 0 Å². The molecule has 4 aromatic rings. The first-order valence-electron chi connectivity index (χ1n) is 8.08. The van der Waals surface area contributed by atoms with Crippen LogP contribution in [0.25, 0.3) is 22.3 Å². The Hall–Kier alpha value is -3.62. The molecule has 0 aliphatic carbocycles. The van der Waals surface area contributed by atoms with Crippen molar-refractivity contribution in [1.82, 2.24) is 25.1 Å². The Morgan fingerprint density at radius 2 is 2.15 bits per heavy atom. The third-order valence-electron chi connectivity index (χ3n) is 4.01. The molecule has 0 aliphatic heterocycles. The molecule has 0 saturated heterocycles. The van der Waals surface area contributed by atoms with Crippen molar-refractivity contribution in [3.8, 4) is 17.1 Å². The highest BCUT2D eigenvalue weighted by Gasteiger charge is 2.16. The SMILES string of the molecule is COc1cc2c(N(C)Cc3nc(-c4cccnc4)no3)ncnc2cc1F. The van der Waals surface area contributed by atoms with E-state index in [1.165, 1.54) is 19.5 Å². The van der Waals surface area contributed by atoms with Crippen molar-refractivity contribution in [3.05, 3.63) is 54.7 Å². The molecular weight excluding hydrogens is 351 g/mol. The van der Waals surface area contributed by atoms with Crippen molar-refractivity contribution in [2.45, 2.75) is 6.54 Å². The molecule has 0 N–H and O–H groups in total. The Labute approximate surface area is 153 Å². The van der Waals surface area contributed by atoms with Crippen molar-refractivity contribution < 1.29 is 13.7 Å². The van der Waals surface area contributed by atoms with Gasteiger partial charge in [0.15, 0.2) is 11.6 Å². The number of halogens is 1. The number of nitrogens with zero attached hydrogens (tertiary/aromatic N) is 6. The molecule has 0 unspecified atom stereocenters. The summed E-state index contributed by atoms with van der Waals surface area (Å²) in [6.07, 6.45) is 4.72. The summed E-state index contributed by atoms with van der Waals surface area (Å²) >= 11 is 0. The van der Waals surface area contributed by atoms with Gasteiger partial charge in [-0.1, -0.05) is 5.16 Å². The smallest absolute Gasteiger partial charge is 0.246 e. The Morgan fingerprint density at radius 3 is 2.93 bits per heavy atom. The van der Waals surface area contributed by atoms with Crippen LogP contribution in [0.5, 0.6) is 5.75 Å². The minimum Gasteiger partial charge on any atom is -0.494 e. The first-order valence-corrected chi connectivity index (χ1v) is 8.08. The van der Waals surface area contributed by atoms with Gasteiger partial charge in [-0.25, -0.2) is 14.4 Å². The fraction of sp³-hybridized carbons (Fsp3) is 0.167. The monoisotopic (exact) mass is 366 g/mol. The fourth-order valence-electron chi connectivity index (χ4n) is 2.71. The van der Waals surface area contributed by atoms with Crippen molar-refractivity contribution in [2.75, 3.05) is 19.1 Å². The average molecular weight is 366 g/mol. The maximum Gasteiger partial charge on any atom is 0.246 e. The number of hydrogen-bond acceptors (Lipinski definition) is 8. The molecule has 0 aliphatic rings. The van der Waals surface area contributed by atoms with Gasteiger partial charge in [0.2, 0.25) is 11.7 Å². The molecule has 0 spiro atoms. The Bertz CT molecular complexity index is 1090. The van der Waals surface area contributed by atoms with E-state index in [9.17, 15) is 4.39 Å². The minimum absolute atomic E-state index is 0.128. The summed E-state index contributed by atoms with van der Waals surface area (Å²) in [5.74, 6) is 1.12. The number of fused-ring (bicyclic) bond motifs is 1. The molecule has 8 nitrogen and oxygen atoms in total. The Balaban J connectivity index is 1.64. The van der Waals surface area contributed by atoms with Crippen molar-refractivity contribution >= 4 is 16.7 Å². The second-order valence-electron chi connectivity index (χ2n) is 5.81. The van der Waals surface area contributed by atoms with Gasteiger partial charge in [-0.2, -0.15) is 4.98 Å². The standard InChI is InChI=1S/C18H15FN6O2/c1-25(9-16-23-17(24-27-16)11-4-3-5-20-8-11)18-12-6-15(26-2)13(19)7-14(12)21-10-22-18/h3-8,10H,9H2,1-2H3. The molecular formula is C18H15FN6O2. The summed E-state index contributed by atoms with van der Waals surface area (Å²) < 4.78 is 24.3. The highest BCUT2D eigenvalue weighted by Crippen LogP contribution is 2.29. The number of pyridine rings is 1. The number of ether oxygens (including phenoxy) is 1. The van der Waals surface area contributed by atoms with E-state index in [-0.39, 0.29) is 5.75 Å². The van der Waals surface area contributed by atoms with Crippen molar-refractivity contribution in [3.63, 3.8) is 0 Å². The molecule has 3 heterocycles. The van der Waals surface area contributed by atoms with E-state index in [1.807, 2.05) is 18.0 Å². The largest absolute Gasteiger partial charge is 0.494 e. The van der Waals surface area contributed by atoms with Crippen molar-refractivity contribution in [2.24, 2.45) is 0 Å². The summed E-state index contributed by atoms with van der Waals surface area (Å²) in [5, 5.41) is 4.64. The van der Waals surface area contributed by atoms with Crippen LogP contribution < -0.4 is 9.64 Å². The predicted molar refractivity (Wildman–Crippen MR) is 95.7 cm³/mol. The third kappa shape index (κ3) is 3.26. The first-order chi connectivity index (χ1) is 13.2. The minimum atomic E-state index is -0.477. The van der Waals surface area contributed by atoms with Gasteiger partial charge in [-0.3, -0.25) is 4.98 Å². The second kappa shape index (κ2) is 6.94. The van der Waals surface area contributed by atoms with Gasteiger partial charge in [-0.05, 0) is 18.2 Å². The highest BCUT2D eigenvalue weighted by molar-refractivity contribution is 5.90. The zero-order chi connectivity index (χ0) is 18.8. The van der Waals surface area contributed by atoms with Crippen LogP contribution in [-0.4, -0.2) is 39.3 Å². The van der Waals surface area contributed by atoms with E-state index in [4.69, 9.17) is 9.26 Å². The van der Waals surface area contributed by atoms with Crippen LogP contribution in [-0.2, 0) is 6.54 Å². The summed E-state index contributed by atoms with van der Waals surface area (Å²) in [4.78, 5) is 18.7. The van der Waals surface area contributed by atoms with Gasteiger partial charge >= 0.3 is 0 Å². The molecule has 0 fully saturated rings. The van der Waals surface area contributed by atoms with Gasteiger partial charge < -0.3 is 14.2 Å². The Morgan fingerprint density at radius 1 is 1.26 bits per heavy atom. The van der Waals surface area contributed by atoms with Crippen LogP contribution in [0.2, 0.25) is 0 Å². The van der Waals surface area contributed by atoms with Crippen LogP contribution in [0.1, 0.15) is 5.89 Å². The zero-order valence-corrected chi connectivity index (χ0v) is 14.6.